The highest BCUT2D eigenvalue weighted by atomic mass is 19.4. The van der Waals surface area contributed by atoms with Gasteiger partial charge in [0.25, 0.3) is 5.78 Å². The number of benzene rings is 1. The first-order valence-corrected chi connectivity index (χ1v) is 6.53. The molecule has 1 aromatic carbocycles. The van der Waals surface area contributed by atoms with E-state index in [9.17, 15) is 18.0 Å². The lowest BCUT2D eigenvalue weighted by Crippen LogP contribution is -2.29. The molecule has 0 spiro atoms. The summed E-state index contributed by atoms with van der Waals surface area (Å²) in [5.74, 6) is -1.89. The number of carbonyl (C=O) groups is 1. The Morgan fingerprint density at radius 3 is 2.14 bits per heavy atom. The summed E-state index contributed by atoms with van der Waals surface area (Å²) in [6.07, 6.45) is -4.96. The third-order valence-electron chi connectivity index (χ3n) is 3.20. The molecule has 0 atom stereocenters. The summed E-state index contributed by atoms with van der Waals surface area (Å²) in [5.41, 5.74) is 0.325. The van der Waals surface area contributed by atoms with E-state index in [1.807, 2.05) is 0 Å². The Morgan fingerprint density at radius 2 is 1.64 bits per heavy atom. The lowest BCUT2D eigenvalue weighted by Gasteiger charge is -2.25. The van der Waals surface area contributed by atoms with E-state index in [2.05, 4.69) is 4.98 Å². The summed E-state index contributed by atoms with van der Waals surface area (Å²) in [6.45, 7) is 0. The van der Waals surface area contributed by atoms with Gasteiger partial charge in [-0.1, -0.05) is 18.2 Å². The van der Waals surface area contributed by atoms with Crippen molar-refractivity contribution in [2.24, 2.45) is 0 Å². The number of nitrogens with zero attached hydrogens (tertiary/aromatic N) is 3. The van der Waals surface area contributed by atoms with Crippen LogP contribution in [-0.4, -0.2) is 45.1 Å². The normalized spacial score (nSPS) is 11.6. The topological polar surface area (TPSA) is 36.4 Å². The van der Waals surface area contributed by atoms with Crippen LogP contribution in [0.4, 0.5) is 24.7 Å². The molecule has 0 bridgehead atoms. The van der Waals surface area contributed by atoms with Crippen LogP contribution in [-0.2, 0) is 0 Å². The van der Waals surface area contributed by atoms with Crippen LogP contribution in [0.25, 0.3) is 10.9 Å². The fraction of sp³-hybridized carbons (Fsp3) is 0.333. The monoisotopic (exact) mass is 311 g/mol. The Balaban J connectivity index is 2.94. The molecule has 0 saturated carbocycles. The summed E-state index contributed by atoms with van der Waals surface area (Å²) >= 11 is 0. The third kappa shape index (κ3) is 2.70. The van der Waals surface area contributed by atoms with Crippen molar-refractivity contribution >= 4 is 28.2 Å². The van der Waals surface area contributed by atoms with E-state index in [1.54, 1.807) is 52.5 Å². The van der Waals surface area contributed by atoms with Gasteiger partial charge in [-0.2, -0.15) is 13.2 Å². The second-order valence-electron chi connectivity index (χ2n) is 5.29. The maximum Gasteiger partial charge on any atom is 0.455 e. The number of para-hydroxylation sites is 1. The number of rotatable bonds is 3. The zero-order chi connectivity index (χ0) is 16.7. The highest BCUT2D eigenvalue weighted by Crippen LogP contribution is 2.37. The maximum atomic E-state index is 13.0. The van der Waals surface area contributed by atoms with Gasteiger partial charge in [0.15, 0.2) is 0 Å². The molecule has 0 aliphatic rings. The average molecular weight is 311 g/mol. The molecule has 0 N–H and O–H groups in total. The molecule has 0 aliphatic carbocycles. The molecule has 0 saturated heterocycles. The number of hydrogen-bond donors (Lipinski definition) is 0. The molecule has 118 valence electrons. The first-order valence-electron chi connectivity index (χ1n) is 6.53. The van der Waals surface area contributed by atoms with Crippen LogP contribution in [0.1, 0.15) is 10.4 Å². The van der Waals surface area contributed by atoms with Gasteiger partial charge in [-0.3, -0.25) is 4.79 Å². The quantitative estimate of drug-likeness (QED) is 0.816. The van der Waals surface area contributed by atoms with E-state index < -0.39 is 17.5 Å². The largest absolute Gasteiger partial charge is 0.455 e. The van der Waals surface area contributed by atoms with Crippen LogP contribution in [0.15, 0.2) is 24.3 Å². The maximum absolute atomic E-state index is 13.0. The molecule has 0 amide bonds. The number of hydrogen-bond acceptors (Lipinski definition) is 4. The summed E-state index contributed by atoms with van der Waals surface area (Å²) in [5, 5.41) is 0.505. The van der Waals surface area contributed by atoms with Crippen molar-refractivity contribution in [2.75, 3.05) is 38.0 Å². The number of fused-ring (bicyclic) bond motifs is 1. The smallest absolute Gasteiger partial charge is 0.376 e. The van der Waals surface area contributed by atoms with Crippen LogP contribution in [0, 0.1) is 0 Å². The molecule has 2 rings (SSSR count). The van der Waals surface area contributed by atoms with Gasteiger partial charge in [0.05, 0.1) is 16.8 Å². The van der Waals surface area contributed by atoms with Crippen LogP contribution >= 0.6 is 0 Å². The number of ketones is 1. The first kappa shape index (κ1) is 16.1. The average Bonchev–Trinajstić information content (AvgIpc) is 2.42. The number of halogens is 3. The van der Waals surface area contributed by atoms with Crippen molar-refractivity contribution in [3.8, 4) is 0 Å². The summed E-state index contributed by atoms with van der Waals surface area (Å²) in [7, 11) is 6.33. The Hall–Kier alpha value is -2.31. The van der Waals surface area contributed by atoms with Crippen LogP contribution in [0.2, 0.25) is 0 Å². The number of aromatic nitrogens is 1. The predicted octanol–water partition coefficient (Wildman–Crippen LogP) is 3.11. The van der Waals surface area contributed by atoms with Crippen LogP contribution < -0.4 is 9.80 Å². The van der Waals surface area contributed by atoms with Gasteiger partial charge in [0.2, 0.25) is 0 Å². The Morgan fingerprint density at radius 1 is 1.05 bits per heavy atom. The van der Waals surface area contributed by atoms with Gasteiger partial charge in [-0.25, -0.2) is 4.98 Å². The Bertz CT molecular complexity index is 724. The highest BCUT2D eigenvalue weighted by molar-refractivity contribution is 6.14. The van der Waals surface area contributed by atoms with E-state index in [-0.39, 0.29) is 11.5 Å². The van der Waals surface area contributed by atoms with Crippen LogP contribution in [0.3, 0.4) is 0 Å². The van der Waals surface area contributed by atoms with Crippen molar-refractivity contribution in [3.63, 3.8) is 0 Å². The molecule has 0 fully saturated rings. The minimum absolute atomic E-state index is 0.00438. The van der Waals surface area contributed by atoms with E-state index in [4.69, 9.17) is 0 Å². The van der Waals surface area contributed by atoms with Crippen LogP contribution in [0.5, 0.6) is 0 Å². The fourth-order valence-electron chi connectivity index (χ4n) is 2.32. The number of carbonyl (C=O) groups excluding carboxylic acids is 1. The lowest BCUT2D eigenvalue weighted by molar-refractivity contribution is -0.0884. The van der Waals surface area contributed by atoms with Gasteiger partial charge in [-0.05, 0) is 6.07 Å². The van der Waals surface area contributed by atoms with E-state index in [0.29, 0.717) is 10.9 Å². The van der Waals surface area contributed by atoms with Gasteiger partial charge in [0, 0.05) is 33.6 Å². The predicted molar refractivity (Wildman–Crippen MR) is 80.8 cm³/mol. The zero-order valence-electron chi connectivity index (χ0n) is 12.7. The molecule has 1 heterocycles. The summed E-state index contributed by atoms with van der Waals surface area (Å²) in [6, 6.07) is 6.81. The van der Waals surface area contributed by atoms with Crippen molar-refractivity contribution < 1.29 is 18.0 Å². The molecule has 1 aromatic heterocycles. The number of pyridine rings is 1. The standard InChI is InChI=1S/C15H16F3N3O/c1-20(2)12-9-7-5-6-8-10(9)19-14(21(3)4)11(12)13(22)15(16,17)18/h5-8H,1-4H3. The molecule has 0 radical (unpaired) electrons. The van der Waals surface area contributed by atoms with Crippen molar-refractivity contribution in [1.29, 1.82) is 0 Å². The minimum atomic E-state index is -4.96. The van der Waals surface area contributed by atoms with E-state index in [1.165, 1.54) is 9.80 Å². The Labute approximate surface area is 126 Å². The molecule has 0 aliphatic heterocycles. The fourth-order valence-corrected chi connectivity index (χ4v) is 2.32. The lowest BCUT2D eigenvalue weighted by atomic mass is 10.0. The number of anilines is 2. The van der Waals surface area contributed by atoms with Gasteiger partial charge >= 0.3 is 6.18 Å². The van der Waals surface area contributed by atoms with E-state index in [0.717, 1.165) is 0 Å². The highest BCUT2D eigenvalue weighted by Gasteiger charge is 2.43. The van der Waals surface area contributed by atoms with Crippen molar-refractivity contribution in [3.05, 3.63) is 29.8 Å². The minimum Gasteiger partial charge on any atom is -0.376 e. The zero-order valence-corrected chi connectivity index (χ0v) is 12.7. The number of Topliss-reactive ketones (excluding diaryl/α,β-unsaturated/α-hetero) is 1. The van der Waals surface area contributed by atoms with Gasteiger partial charge in [-0.15, -0.1) is 0 Å². The van der Waals surface area contributed by atoms with E-state index >= 15 is 0 Å². The molecule has 4 nitrogen and oxygen atoms in total. The van der Waals surface area contributed by atoms with Crippen molar-refractivity contribution in [2.45, 2.75) is 6.18 Å². The molecular formula is C15H16F3N3O. The van der Waals surface area contributed by atoms with Gasteiger partial charge in [0.1, 0.15) is 5.82 Å². The second kappa shape index (κ2) is 5.47. The molecule has 22 heavy (non-hydrogen) atoms. The molecule has 2 aromatic rings. The van der Waals surface area contributed by atoms with Gasteiger partial charge < -0.3 is 9.80 Å². The molecule has 0 unspecified atom stereocenters. The first-order chi connectivity index (χ1) is 10.1. The number of alkyl halides is 3. The molecule has 7 heteroatoms. The second-order valence-corrected chi connectivity index (χ2v) is 5.29. The summed E-state index contributed by atoms with van der Waals surface area (Å²) in [4.78, 5) is 19.1. The Kier molecular flexibility index (Phi) is 4.00. The van der Waals surface area contributed by atoms with Crippen molar-refractivity contribution in [1.82, 2.24) is 4.98 Å². The SMILES string of the molecule is CN(C)c1nc2ccccc2c(N(C)C)c1C(=O)C(F)(F)F. The summed E-state index contributed by atoms with van der Waals surface area (Å²) < 4.78 is 39.0. The molecular weight excluding hydrogens is 295 g/mol. The third-order valence-corrected chi connectivity index (χ3v) is 3.20.